The largest absolute Gasteiger partial charge is 0.337 e. The van der Waals surface area contributed by atoms with Crippen LogP contribution in [0.2, 0.25) is 5.02 Å². The first-order valence-electron chi connectivity index (χ1n) is 5.16. The van der Waals surface area contributed by atoms with E-state index in [1.165, 1.54) is 17.8 Å². The van der Waals surface area contributed by atoms with Crippen molar-refractivity contribution in [3.05, 3.63) is 46.0 Å². The van der Waals surface area contributed by atoms with Crippen LogP contribution in [0, 0.1) is 19.7 Å². The molecule has 0 saturated heterocycles. The summed E-state index contributed by atoms with van der Waals surface area (Å²) in [7, 11) is 0. The second-order valence-corrected chi connectivity index (χ2v) is 5.18. The molecule has 0 fully saturated rings. The van der Waals surface area contributed by atoms with Gasteiger partial charge < -0.3 is 4.98 Å². The molecule has 5 heteroatoms. The lowest BCUT2D eigenvalue weighted by molar-refractivity contribution is 0.617. The van der Waals surface area contributed by atoms with E-state index in [0.717, 1.165) is 16.5 Å². The number of imidazole rings is 1. The molecule has 1 N–H and O–H groups in total. The number of aromatic nitrogens is 2. The quantitative estimate of drug-likeness (QED) is 0.850. The van der Waals surface area contributed by atoms with Crippen molar-refractivity contribution in [2.24, 2.45) is 0 Å². The number of aromatic amines is 1. The predicted octanol–water partition coefficient (Wildman–Crippen LogP) is 4.11. The molecule has 0 radical (unpaired) electrons. The van der Waals surface area contributed by atoms with E-state index in [4.69, 9.17) is 11.6 Å². The van der Waals surface area contributed by atoms with Gasteiger partial charge in [-0.2, -0.15) is 0 Å². The Balaban J connectivity index is 2.07. The number of H-pyrrole nitrogens is 1. The van der Waals surface area contributed by atoms with Gasteiger partial charge in [0.2, 0.25) is 0 Å². The van der Waals surface area contributed by atoms with Gasteiger partial charge in [0, 0.05) is 16.5 Å². The summed E-state index contributed by atoms with van der Waals surface area (Å²) < 4.78 is 13.5. The summed E-state index contributed by atoms with van der Waals surface area (Å²) in [4.78, 5) is 7.48. The zero-order chi connectivity index (χ0) is 12.4. The van der Waals surface area contributed by atoms with E-state index in [2.05, 4.69) is 9.97 Å². The molecule has 1 aromatic carbocycles. The van der Waals surface area contributed by atoms with E-state index in [0.29, 0.717) is 16.3 Å². The van der Waals surface area contributed by atoms with Crippen LogP contribution in [0.1, 0.15) is 17.0 Å². The summed E-state index contributed by atoms with van der Waals surface area (Å²) >= 11 is 7.17. The number of aryl methyl sites for hydroxylation is 2. The molecule has 0 amide bonds. The van der Waals surface area contributed by atoms with E-state index >= 15 is 0 Å². The molecule has 2 aromatic rings. The van der Waals surface area contributed by atoms with Crippen molar-refractivity contribution in [1.29, 1.82) is 0 Å². The van der Waals surface area contributed by atoms with E-state index < -0.39 is 0 Å². The summed E-state index contributed by atoms with van der Waals surface area (Å²) in [6.45, 7) is 3.91. The minimum atomic E-state index is -0.273. The molecule has 0 atom stereocenters. The molecule has 2 rings (SSSR count). The van der Waals surface area contributed by atoms with E-state index in [-0.39, 0.29) is 5.82 Å². The molecule has 1 heterocycles. The predicted molar refractivity (Wildman–Crippen MR) is 69.0 cm³/mol. The highest BCUT2D eigenvalue weighted by atomic mass is 35.5. The van der Waals surface area contributed by atoms with Crippen LogP contribution in [0.15, 0.2) is 23.4 Å². The van der Waals surface area contributed by atoms with Crippen LogP contribution in [-0.4, -0.2) is 9.97 Å². The van der Waals surface area contributed by atoms with Crippen LogP contribution >= 0.6 is 23.4 Å². The van der Waals surface area contributed by atoms with Gasteiger partial charge in [-0.05, 0) is 31.5 Å². The van der Waals surface area contributed by atoms with E-state index in [1.54, 1.807) is 12.1 Å². The molecule has 0 aliphatic rings. The first-order chi connectivity index (χ1) is 8.06. The minimum Gasteiger partial charge on any atom is -0.337 e. The lowest BCUT2D eigenvalue weighted by atomic mass is 10.2. The smallest absolute Gasteiger partial charge is 0.166 e. The van der Waals surface area contributed by atoms with Crippen molar-refractivity contribution in [3.63, 3.8) is 0 Å². The van der Waals surface area contributed by atoms with Crippen molar-refractivity contribution >= 4 is 23.4 Å². The topological polar surface area (TPSA) is 28.7 Å². The molecule has 0 aliphatic heterocycles. The fraction of sp³-hybridized carbons (Fsp3) is 0.250. The van der Waals surface area contributed by atoms with Crippen molar-refractivity contribution in [2.45, 2.75) is 24.8 Å². The number of rotatable bonds is 3. The maximum absolute atomic E-state index is 13.5. The molecule has 90 valence electrons. The second-order valence-electron chi connectivity index (χ2n) is 3.78. The summed E-state index contributed by atoms with van der Waals surface area (Å²) in [5.74, 6) is 0.264. The number of hydrogen-bond donors (Lipinski definition) is 1. The number of nitrogens with zero attached hydrogens (tertiary/aromatic N) is 1. The summed E-state index contributed by atoms with van der Waals surface area (Å²) in [6.07, 6.45) is 0. The number of nitrogens with one attached hydrogen (secondary N) is 1. The first-order valence-corrected chi connectivity index (χ1v) is 6.52. The van der Waals surface area contributed by atoms with Gasteiger partial charge in [0.1, 0.15) is 5.82 Å². The maximum atomic E-state index is 13.5. The summed E-state index contributed by atoms with van der Waals surface area (Å²) in [5.41, 5.74) is 2.65. The molecular formula is C12H12ClFN2S. The fourth-order valence-electron chi connectivity index (χ4n) is 1.37. The molecule has 1 aromatic heterocycles. The van der Waals surface area contributed by atoms with Gasteiger partial charge in [0.05, 0.1) is 5.69 Å². The Labute approximate surface area is 109 Å². The Hall–Kier alpha value is -1.00. The lowest BCUT2D eigenvalue weighted by Gasteiger charge is -2.01. The van der Waals surface area contributed by atoms with Crippen molar-refractivity contribution in [3.8, 4) is 0 Å². The van der Waals surface area contributed by atoms with Crippen LogP contribution < -0.4 is 0 Å². The number of benzene rings is 1. The lowest BCUT2D eigenvalue weighted by Crippen LogP contribution is -1.88. The Morgan fingerprint density at radius 3 is 2.76 bits per heavy atom. The van der Waals surface area contributed by atoms with Gasteiger partial charge in [-0.15, -0.1) is 0 Å². The molecule has 0 saturated carbocycles. The van der Waals surface area contributed by atoms with Crippen molar-refractivity contribution in [2.75, 3.05) is 0 Å². The zero-order valence-electron chi connectivity index (χ0n) is 9.55. The minimum absolute atomic E-state index is 0.273. The Bertz CT molecular complexity index is 520. The fourth-order valence-corrected chi connectivity index (χ4v) is 2.48. The summed E-state index contributed by atoms with van der Waals surface area (Å²) in [6, 6.07) is 4.72. The SMILES string of the molecule is Cc1nc(SCc2ccc(Cl)cc2F)[nH]c1C. The normalized spacial score (nSPS) is 10.8. The zero-order valence-corrected chi connectivity index (χ0v) is 11.1. The maximum Gasteiger partial charge on any atom is 0.166 e. The third-order valence-electron chi connectivity index (χ3n) is 2.49. The number of thioether (sulfide) groups is 1. The molecule has 0 bridgehead atoms. The number of halogens is 2. The average molecular weight is 271 g/mol. The highest BCUT2D eigenvalue weighted by Crippen LogP contribution is 2.24. The van der Waals surface area contributed by atoms with Crippen LogP contribution in [0.25, 0.3) is 0 Å². The van der Waals surface area contributed by atoms with Gasteiger partial charge in [0.25, 0.3) is 0 Å². The average Bonchev–Trinajstić information content (AvgIpc) is 2.57. The van der Waals surface area contributed by atoms with Gasteiger partial charge in [-0.25, -0.2) is 9.37 Å². The Morgan fingerprint density at radius 2 is 2.18 bits per heavy atom. The second kappa shape index (κ2) is 5.10. The molecule has 0 spiro atoms. The van der Waals surface area contributed by atoms with Crippen LogP contribution in [0.5, 0.6) is 0 Å². The Kier molecular flexibility index (Phi) is 3.74. The van der Waals surface area contributed by atoms with Crippen molar-refractivity contribution < 1.29 is 4.39 Å². The monoisotopic (exact) mass is 270 g/mol. The molecule has 2 nitrogen and oxygen atoms in total. The van der Waals surface area contributed by atoms with Gasteiger partial charge in [-0.1, -0.05) is 29.4 Å². The van der Waals surface area contributed by atoms with E-state index in [9.17, 15) is 4.39 Å². The Morgan fingerprint density at radius 1 is 1.41 bits per heavy atom. The highest BCUT2D eigenvalue weighted by molar-refractivity contribution is 7.98. The third-order valence-corrected chi connectivity index (χ3v) is 3.64. The number of hydrogen-bond acceptors (Lipinski definition) is 2. The standard InChI is InChI=1S/C12H12ClFN2S/c1-7-8(2)16-12(15-7)17-6-9-3-4-10(13)5-11(9)14/h3-5H,6H2,1-2H3,(H,15,16). The van der Waals surface area contributed by atoms with Crippen LogP contribution in [0.4, 0.5) is 4.39 Å². The third kappa shape index (κ3) is 3.01. The summed E-state index contributed by atoms with van der Waals surface area (Å²) in [5, 5.41) is 1.23. The van der Waals surface area contributed by atoms with Crippen LogP contribution in [-0.2, 0) is 5.75 Å². The molecule has 0 aliphatic carbocycles. The highest BCUT2D eigenvalue weighted by Gasteiger charge is 2.07. The van der Waals surface area contributed by atoms with Gasteiger partial charge >= 0.3 is 0 Å². The first kappa shape index (κ1) is 12.5. The van der Waals surface area contributed by atoms with Crippen molar-refractivity contribution in [1.82, 2.24) is 9.97 Å². The molecular weight excluding hydrogens is 259 g/mol. The van der Waals surface area contributed by atoms with Crippen LogP contribution in [0.3, 0.4) is 0 Å². The van der Waals surface area contributed by atoms with E-state index in [1.807, 2.05) is 13.8 Å². The van der Waals surface area contributed by atoms with Gasteiger partial charge in [0.15, 0.2) is 5.16 Å². The molecule has 0 unspecified atom stereocenters. The molecule has 17 heavy (non-hydrogen) atoms. The van der Waals surface area contributed by atoms with Gasteiger partial charge in [-0.3, -0.25) is 0 Å².